The highest BCUT2D eigenvalue weighted by molar-refractivity contribution is 5.79. The quantitative estimate of drug-likeness (QED) is 0.834. The molecule has 1 amide bonds. The standard InChI is InChI=1S/C19H23F3N2O/c20-19(21,22)16-6-1-3-13(7-16)8-18(25)24-11-17(12-24)23-9-14-4-2-5-15(14)10-23/h1,3,6-7,14-15,17H,2,4-5,8-12H2. The Labute approximate surface area is 145 Å². The summed E-state index contributed by atoms with van der Waals surface area (Å²) in [5.74, 6) is 1.61. The minimum Gasteiger partial charge on any atom is -0.339 e. The number of hydrogen-bond acceptors (Lipinski definition) is 2. The van der Waals surface area contributed by atoms with Crippen molar-refractivity contribution < 1.29 is 18.0 Å². The van der Waals surface area contributed by atoms with E-state index in [0.29, 0.717) is 11.6 Å². The van der Waals surface area contributed by atoms with Crippen molar-refractivity contribution in [3.63, 3.8) is 0 Å². The van der Waals surface area contributed by atoms with Gasteiger partial charge in [0.25, 0.3) is 0 Å². The Kier molecular flexibility index (Phi) is 4.26. The van der Waals surface area contributed by atoms with Crippen LogP contribution in [0.2, 0.25) is 0 Å². The maximum absolute atomic E-state index is 12.8. The minimum absolute atomic E-state index is 0.0435. The molecule has 3 aliphatic rings. The molecule has 4 rings (SSSR count). The number of carbonyl (C=O) groups is 1. The summed E-state index contributed by atoms with van der Waals surface area (Å²) < 4.78 is 38.3. The van der Waals surface area contributed by atoms with E-state index in [1.165, 1.54) is 25.3 Å². The summed E-state index contributed by atoms with van der Waals surface area (Å²) >= 11 is 0. The van der Waals surface area contributed by atoms with Gasteiger partial charge in [-0.25, -0.2) is 0 Å². The Morgan fingerprint density at radius 1 is 1.08 bits per heavy atom. The topological polar surface area (TPSA) is 23.6 Å². The second-order valence-electron chi connectivity index (χ2n) is 7.73. The fourth-order valence-corrected chi connectivity index (χ4v) is 4.60. The summed E-state index contributed by atoms with van der Waals surface area (Å²) in [6.07, 6.45) is -0.287. The van der Waals surface area contributed by atoms with Gasteiger partial charge in [-0.3, -0.25) is 9.69 Å². The molecule has 1 aromatic rings. The molecule has 3 nitrogen and oxygen atoms in total. The van der Waals surface area contributed by atoms with Crippen LogP contribution in [-0.4, -0.2) is 47.9 Å². The van der Waals surface area contributed by atoms with Crippen LogP contribution in [0.4, 0.5) is 13.2 Å². The van der Waals surface area contributed by atoms with Crippen molar-refractivity contribution in [2.45, 2.75) is 37.9 Å². The molecule has 2 aliphatic heterocycles. The van der Waals surface area contributed by atoms with Crippen molar-refractivity contribution in [2.75, 3.05) is 26.2 Å². The molecule has 25 heavy (non-hydrogen) atoms. The van der Waals surface area contributed by atoms with E-state index in [1.807, 2.05) is 0 Å². The zero-order valence-corrected chi connectivity index (χ0v) is 14.1. The van der Waals surface area contributed by atoms with Crippen LogP contribution in [-0.2, 0) is 17.4 Å². The van der Waals surface area contributed by atoms with Gasteiger partial charge in [0, 0.05) is 32.2 Å². The Morgan fingerprint density at radius 3 is 2.40 bits per heavy atom. The highest BCUT2D eigenvalue weighted by atomic mass is 19.4. The van der Waals surface area contributed by atoms with Crippen molar-refractivity contribution in [2.24, 2.45) is 11.8 Å². The fraction of sp³-hybridized carbons (Fsp3) is 0.632. The van der Waals surface area contributed by atoms with E-state index < -0.39 is 11.7 Å². The maximum atomic E-state index is 12.8. The Morgan fingerprint density at radius 2 is 1.76 bits per heavy atom. The van der Waals surface area contributed by atoms with E-state index in [-0.39, 0.29) is 12.3 Å². The van der Waals surface area contributed by atoms with Gasteiger partial charge in [0.1, 0.15) is 0 Å². The molecule has 3 fully saturated rings. The second-order valence-corrected chi connectivity index (χ2v) is 7.73. The SMILES string of the molecule is O=C(Cc1cccc(C(F)(F)F)c1)N1CC(N2CC3CCCC3C2)C1. The molecule has 0 spiro atoms. The maximum Gasteiger partial charge on any atom is 0.416 e. The number of amides is 1. The average molecular weight is 352 g/mol. The molecule has 6 heteroatoms. The summed E-state index contributed by atoms with van der Waals surface area (Å²) in [7, 11) is 0. The zero-order chi connectivity index (χ0) is 17.6. The third-order valence-corrected chi connectivity index (χ3v) is 6.10. The number of benzene rings is 1. The normalized spacial score (nSPS) is 27.4. The van der Waals surface area contributed by atoms with Gasteiger partial charge in [0.05, 0.1) is 12.0 Å². The summed E-state index contributed by atoms with van der Waals surface area (Å²) in [5.41, 5.74) is -0.262. The number of rotatable bonds is 3. The summed E-state index contributed by atoms with van der Waals surface area (Å²) in [4.78, 5) is 16.6. The first-order chi connectivity index (χ1) is 11.9. The molecule has 2 unspecified atom stereocenters. The number of likely N-dealkylation sites (tertiary alicyclic amines) is 2. The van der Waals surface area contributed by atoms with Crippen LogP contribution in [0.1, 0.15) is 30.4 Å². The summed E-state index contributed by atoms with van der Waals surface area (Å²) in [5, 5.41) is 0. The van der Waals surface area contributed by atoms with Crippen molar-refractivity contribution in [1.82, 2.24) is 9.80 Å². The number of carbonyl (C=O) groups excluding carboxylic acids is 1. The molecule has 136 valence electrons. The summed E-state index contributed by atoms with van der Waals surface area (Å²) in [6.45, 7) is 3.75. The first-order valence-corrected chi connectivity index (χ1v) is 9.08. The average Bonchev–Trinajstić information content (AvgIpc) is 3.06. The van der Waals surface area contributed by atoms with Crippen molar-refractivity contribution in [1.29, 1.82) is 0 Å². The van der Waals surface area contributed by atoms with Crippen LogP contribution in [0, 0.1) is 11.8 Å². The van der Waals surface area contributed by atoms with Crippen LogP contribution in [0.25, 0.3) is 0 Å². The molecular weight excluding hydrogens is 329 g/mol. The molecule has 0 bridgehead atoms. The molecule has 0 radical (unpaired) electrons. The summed E-state index contributed by atoms with van der Waals surface area (Å²) in [6, 6.07) is 5.52. The fourth-order valence-electron chi connectivity index (χ4n) is 4.60. The van der Waals surface area contributed by atoms with Gasteiger partial charge in [-0.05, 0) is 36.3 Å². The van der Waals surface area contributed by atoms with Gasteiger partial charge < -0.3 is 4.90 Å². The first kappa shape index (κ1) is 16.9. The van der Waals surface area contributed by atoms with Gasteiger partial charge in [-0.2, -0.15) is 13.2 Å². The molecule has 1 saturated carbocycles. The predicted octanol–water partition coefficient (Wildman–Crippen LogP) is 3.19. The zero-order valence-electron chi connectivity index (χ0n) is 14.1. The molecule has 2 heterocycles. The molecular formula is C19H23F3N2O. The van der Waals surface area contributed by atoms with Crippen LogP contribution >= 0.6 is 0 Å². The lowest BCUT2D eigenvalue weighted by Crippen LogP contribution is -2.61. The number of alkyl halides is 3. The molecule has 1 aliphatic carbocycles. The van der Waals surface area contributed by atoms with Gasteiger partial charge in [-0.15, -0.1) is 0 Å². The van der Waals surface area contributed by atoms with E-state index in [1.54, 1.807) is 11.0 Å². The van der Waals surface area contributed by atoms with E-state index in [9.17, 15) is 18.0 Å². The number of nitrogens with zero attached hydrogens (tertiary/aromatic N) is 2. The lowest BCUT2D eigenvalue weighted by Gasteiger charge is -2.44. The van der Waals surface area contributed by atoms with E-state index in [2.05, 4.69) is 4.90 Å². The van der Waals surface area contributed by atoms with Crippen molar-refractivity contribution in [3.05, 3.63) is 35.4 Å². The van der Waals surface area contributed by atoms with Gasteiger partial charge in [0.2, 0.25) is 5.91 Å². The molecule has 0 N–H and O–H groups in total. The smallest absolute Gasteiger partial charge is 0.339 e. The van der Waals surface area contributed by atoms with Gasteiger partial charge in [-0.1, -0.05) is 24.6 Å². The Bertz CT molecular complexity index is 642. The van der Waals surface area contributed by atoms with Crippen LogP contribution in [0.3, 0.4) is 0 Å². The third kappa shape index (κ3) is 3.41. The number of fused-ring (bicyclic) bond motifs is 1. The van der Waals surface area contributed by atoms with Gasteiger partial charge >= 0.3 is 6.18 Å². The minimum atomic E-state index is -4.37. The lowest BCUT2D eigenvalue weighted by atomic mass is 10.0. The monoisotopic (exact) mass is 352 g/mol. The molecule has 2 saturated heterocycles. The van der Waals surface area contributed by atoms with Crippen LogP contribution < -0.4 is 0 Å². The highest BCUT2D eigenvalue weighted by Gasteiger charge is 2.43. The highest BCUT2D eigenvalue weighted by Crippen LogP contribution is 2.39. The largest absolute Gasteiger partial charge is 0.416 e. The van der Waals surface area contributed by atoms with E-state index in [0.717, 1.165) is 50.1 Å². The van der Waals surface area contributed by atoms with Crippen LogP contribution in [0.5, 0.6) is 0 Å². The lowest BCUT2D eigenvalue weighted by molar-refractivity contribution is -0.139. The Hall–Kier alpha value is -1.56. The third-order valence-electron chi connectivity index (χ3n) is 6.10. The second kappa shape index (κ2) is 6.31. The van der Waals surface area contributed by atoms with Crippen LogP contribution in [0.15, 0.2) is 24.3 Å². The number of hydrogen-bond donors (Lipinski definition) is 0. The van der Waals surface area contributed by atoms with E-state index >= 15 is 0 Å². The predicted molar refractivity (Wildman–Crippen MR) is 87.9 cm³/mol. The molecule has 1 aromatic carbocycles. The number of halogens is 3. The van der Waals surface area contributed by atoms with Crippen molar-refractivity contribution >= 4 is 5.91 Å². The van der Waals surface area contributed by atoms with Crippen molar-refractivity contribution in [3.8, 4) is 0 Å². The van der Waals surface area contributed by atoms with E-state index in [4.69, 9.17) is 0 Å². The first-order valence-electron chi connectivity index (χ1n) is 9.08. The molecule has 0 aromatic heterocycles. The Balaban J connectivity index is 1.29. The van der Waals surface area contributed by atoms with Gasteiger partial charge in [0.15, 0.2) is 0 Å². The molecule has 2 atom stereocenters.